The molecule has 8 heteroatoms. The monoisotopic (exact) mass is 415 g/mol. The standard InChI is InChI=1S/C22H21N7S/c1-3-4-19-24-20-14(2)9-10-23-22(20)29(19)11-15-5-7-16(8-6-15)17-12-30-13-18(17)21-25-27-28-26-21/h5-10,12-13H,3-4,11H2,1-2H3,(H,25,26,27,28). The molecule has 0 unspecified atom stereocenters. The number of thiophene rings is 1. The van der Waals surface area contributed by atoms with Crippen LogP contribution < -0.4 is 0 Å². The van der Waals surface area contributed by atoms with Crippen LogP contribution in [0.3, 0.4) is 0 Å². The molecule has 4 heterocycles. The van der Waals surface area contributed by atoms with Crippen LogP contribution in [0.5, 0.6) is 0 Å². The Labute approximate surface area is 177 Å². The minimum absolute atomic E-state index is 0.617. The molecule has 0 bridgehead atoms. The first kappa shape index (κ1) is 18.6. The Kier molecular flexibility index (Phi) is 4.84. The first-order chi connectivity index (χ1) is 14.7. The van der Waals surface area contributed by atoms with Gasteiger partial charge in [0, 0.05) is 29.1 Å². The number of fused-ring (bicyclic) bond motifs is 1. The number of pyridine rings is 1. The minimum atomic E-state index is 0.617. The maximum atomic E-state index is 4.88. The lowest BCUT2D eigenvalue weighted by atomic mass is 10.0. The Hall–Kier alpha value is -3.39. The van der Waals surface area contributed by atoms with Crippen molar-refractivity contribution in [3.63, 3.8) is 0 Å². The lowest BCUT2D eigenvalue weighted by Crippen LogP contribution is -2.06. The van der Waals surface area contributed by atoms with Crippen molar-refractivity contribution < 1.29 is 0 Å². The van der Waals surface area contributed by atoms with Gasteiger partial charge in [-0.3, -0.25) is 0 Å². The van der Waals surface area contributed by atoms with Gasteiger partial charge in [-0.25, -0.2) is 9.97 Å². The lowest BCUT2D eigenvalue weighted by molar-refractivity contribution is 0.717. The minimum Gasteiger partial charge on any atom is -0.308 e. The summed E-state index contributed by atoms with van der Waals surface area (Å²) in [5.74, 6) is 1.71. The van der Waals surface area contributed by atoms with Crippen molar-refractivity contribution in [2.45, 2.75) is 33.2 Å². The zero-order chi connectivity index (χ0) is 20.5. The molecule has 0 fully saturated rings. The van der Waals surface area contributed by atoms with Crippen LogP contribution >= 0.6 is 11.3 Å². The van der Waals surface area contributed by atoms with Gasteiger partial charge in [0.1, 0.15) is 11.3 Å². The number of hydrogen-bond donors (Lipinski definition) is 1. The predicted octanol–water partition coefficient (Wildman–Crippen LogP) is 4.65. The van der Waals surface area contributed by atoms with Gasteiger partial charge in [0.05, 0.1) is 6.54 Å². The van der Waals surface area contributed by atoms with Gasteiger partial charge in [-0.15, -0.1) is 10.2 Å². The molecule has 0 aliphatic carbocycles. The summed E-state index contributed by atoms with van der Waals surface area (Å²) in [5.41, 5.74) is 7.59. The van der Waals surface area contributed by atoms with E-state index in [9.17, 15) is 0 Å². The normalized spacial score (nSPS) is 11.4. The van der Waals surface area contributed by atoms with Crippen LogP contribution in [0.25, 0.3) is 33.7 Å². The molecule has 5 aromatic rings. The molecule has 4 aromatic heterocycles. The molecule has 0 atom stereocenters. The third kappa shape index (κ3) is 3.29. The van der Waals surface area contributed by atoms with Gasteiger partial charge in [-0.2, -0.15) is 16.6 Å². The van der Waals surface area contributed by atoms with E-state index in [0.29, 0.717) is 5.82 Å². The van der Waals surface area contributed by atoms with E-state index in [-0.39, 0.29) is 0 Å². The quantitative estimate of drug-likeness (QED) is 0.436. The van der Waals surface area contributed by atoms with Gasteiger partial charge in [0.15, 0.2) is 5.65 Å². The fourth-order valence-electron chi connectivity index (χ4n) is 3.71. The molecule has 30 heavy (non-hydrogen) atoms. The smallest absolute Gasteiger partial charge is 0.206 e. The molecule has 0 amide bonds. The summed E-state index contributed by atoms with van der Waals surface area (Å²) in [7, 11) is 0. The van der Waals surface area contributed by atoms with Crippen LogP contribution in [0.4, 0.5) is 0 Å². The number of imidazole rings is 1. The number of nitrogens with zero attached hydrogens (tertiary/aromatic N) is 6. The van der Waals surface area contributed by atoms with Crippen molar-refractivity contribution in [3.8, 4) is 22.5 Å². The number of rotatable bonds is 6. The second-order valence-electron chi connectivity index (χ2n) is 7.30. The van der Waals surface area contributed by atoms with E-state index in [4.69, 9.17) is 4.98 Å². The van der Waals surface area contributed by atoms with Crippen molar-refractivity contribution in [1.82, 2.24) is 35.2 Å². The van der Waals surface area contributed by atoms with Crippen molar-refractivity contribution in [2.24, 2.45) is 0 Å². The third-order valence-corrected chi connectivity index (χ3v) is 5.99. The molecule has 0 saturated carbocycles. The molecule has 7 nitrogen and oxygen atoms in total. The molecular formula is C22H21N7S. The summed E-state index contributed by atoms with van der Waals surface area (Å²) in [5, 5.41) is 18.6. The average molecular weight is 416 g/mol. The molecule has 0 radical (unpaired) electrons. The fourth-order valence-corrected chi connectivity index (χ4v) is 4.54. The molecule has 150 valence electrons. The SMILES string of the molecule is CCCc1nc2c(C)ccnc2n1Cc1ccc(-c2cscc2-c2nn[nH]n2)cc1. The summed E-state index contributed by atoms with van der Waals surface area (Å²) in [6, 6.07) is 10.7. The van der Waals surface area contributed by atoms with E-state index >= 15 is 0 Å². The lowest BCUT2D eigenvalue weighted by Gasteiger charge is -2.09. The first-order valence-corrected chi connectivity index (χ1v) is 10.9. The molecule has 5 rings (SSSR count). The molecule has 0 aliphatic rings. The van der Waals surface area contributed by atoms with Crippen LogP contribution in [0.2, 0.25) is 0 Å². The number of hydrogen-bond acceptors (Lipinski definition) is 6. The van der Waals surface area contributed by atoms with E-state index in [2.05, 4.69) is 79.0 Å². The number of tetrazole rings is 1. The predicted molar refractivity (Wildman–Crippen MR) is 118 cm³/mol. The Morgan fingerprint density at radius 2 is 1.90 bits per heavy atom. The number of benzene rings is 1. The van der Waals surface area contributed by atoms with Gasteiger partial charge in [-0.1, -0.05) is 31.2 Å². The van der Waals surface area contributed by atoms with Crippen molar-refractivity contribution in [2.75, 3.05) is 0 Å². The van der Waals surface area contributed by atoms with Crippen LogP contribution in [0.1, 0.15) is 30.3 Å². The number of nitrogens with one attached hydrogen (secondary N) is 1. The van der Waals surface area contributed by atoms with Crippen LogP contribution in [0.15, 0.2) is 47.3 Å². The summed E-state index contributed by atoms with van der Waals surface area (Å²) < 4.78 is 2.25. The topological polar surface area (TPSA) is 85.2 Å². The maximum absolute atomic E-state index is 4.88. The van der Waals surface area contributed by atoms with Gasteiger partial charge in [0.25, 0.3) is 0 Å². The van der Waals surface area contributed by atoms with Gasteiger partial charge < -0.3 is 4.57 Å². The molecule has 0 saturated heterocycles. The largest absolute Gasteiger partial charge is 0.308 e. The van der Waals surface area contributed by atoms with Crippen molar-refractivity contribution >= 4 is 22.5 Å². The molecule has 0 aliphatic heterocycles. The van der Waals surface area contributed by atoms with Gasteiger partial charge in [-0.05, 0) is 46.7 Å². The zero-order valence-electron chi connectivity index (χ0n) is 16.8. The van der Waals surface area contributed by atoms with Crippen LogP contribution in [0, 0.1) is 6.92 Å². The fraction of sp³-hybridized carbons (Fsp3) is 0.227. The maximum Gasteiger partial charge on any atom is 0.206 e. The Balaban J connectivity index is 1.48. The summed E-state index contributed by atoms with van der Waals surface area (Å²) >= 11 is 1.64. The second kappa shape index (κ2) is 7.79. The van der Waals surface area contributed by atoms with E-state index in [1.54, 1.807) is 11.3 Å². The van der Waals surface area contributed by atoms with Crippen molar-refractivity contribution in [1.29, 1.82) is 0 Å². The molecule has 1 aromatic carbocycles. The van der Waals surface area contributed by atoms with E-state index in [0.717, 1.165) is 58.6 Å². The Morgan fingerprint density at radius 1 is 1.07 bits per heavy atom. The van der Waals surface area contributed by atoms with Crippen molar-refractivity contribution in [3.05, 3.63) is 64.2 Å². The van der Waals surface area contributed by atoms with Crippen LogP contribution in [-0.2, 0) is 13.0 Å². The van der Waals surface area contributed by atoms with Crippen LogP contribution in [-0.4, -0.2) is 35.2 Å². The average Bonchev–Trinajstić information content (AvgIpc) is 3.50. The highest BCUT2D eigenvalue weighted by atomic mass is 32.1. The number of H-pyrrole nitrogens is 1. The zero-order valence-corrected chi connectivity index (χ0v) is 17.6. The number of aromatic nitrogens is 7. The second-order valence-corrected chi connectivity index (χ2v) is 8.04. The number of aryl methyl sites for hydroxylation is 2. The molecular weight excluding hydrogens is 394 g/mol. The highest BCUT2D eigenvalue weighted by molar-refractivity contribution is 7.08. The van der Waals surface area contributed by atoms with E-state index in [1.807, 2.05) is 12.3 Å². The molecule has 0 spiro atoms. The van der Waals surface area contributed by atoms with Gasteiger partial charge in [0.2, 0.25) is 5.82 Å². The summed E-state index contributed by atoms with van der Waals surface area (Å²) in [6.07, 6.45) is 3.86. The third-order valence-electron chi connectivity index (χ3n) is 5.24. The highest BCUT2D eigenvalue weighted by Crippen LogP contribution is 2.33. The van der Waals surface area contributed by atoms with Gasteiger partial charge >= 0.3 is 0 Å². The highest BCUT2D eigenvalue weighted by Gasteiger charge is 2.15. The Morgan fingerprint density at radius 3 is 2.67 bits per heavy atom. The number of aromatic amines is 1. The first-order valence-electron chi connectivity index (χ1n) is 9.94. The Bertz CT molecular complexity index is 1280. The van der Waals surface area contributed by atoms with E-state index < -0.39 is 0 Å². The molecule has 1 N–H and O–H groups in total. The summed E-state index contributed by atoms with van der Waals surface area (Å²) in [4.78, 5) is 9.49. The summed E-state index contributed by atoms with van der Waals surface area (Å²) in [6.45, 7) is 5.03. The van der Waals surface area contributed by atoms with E-state index in [1.165, 1.54) is 5.56 Å².